The van der Waals surface area contributed by atoms with Crippen molar-refractivity contribution < 1.29 is 52.9 Å². The number of nitrogens with two attached hydrogens (primary N) is 2. The van der Waals surface area contributed by atoms with Crippen molar-refractivity contribution in [3.8, 4) is 33.8 Å². The monoisotopic (exact) mass is 1330 g/mol. The van der Waals surface area contributed by atoms with E-state index in [1.165, 1.54) is 6.16 Å². The van der Waals surface area contributed by atoms with Crippen LogP contribution in [-0.2, 0) is 62.3 Å². The second-order valence-corrected chi connectivity index (χ2v) is 26.0. The molecule has 1 unspecified atom stereocenters. The van der Waals surface area contributed by atoms with Crippen molar-refractivity contribution >= 4 is 90.4 Å². The quantitative estimate of drug-likeness (QED) is 0.0235. The molecule has 3 aromatic carbocycles. The van der Waals surface area contributed by atoms with Crippen molar-refractivity contribution in [3.05, 3.63) is 145 Å². The number of carbonyl (C=O) groups is 8. The highest BCUT2D eigenvalue weighted by atomic mass is 31.0. The summed E-state index contributed by atoms with van der Waals surface area (Å²) in [6.07, 6.45) is 7.11. The summed E-state index contributed by atoms with van der Waals surface area (Å²) in [4.78, 5) is 106. The molecule has 0 spiro atoms. The van der Waals surface area contributed by atoms with Crippen LogP contribution in [0.5, 0.6) is 0 Å². The molecule has 3 aliphatic carbocycles. The van der Waals surface area contributed by atoms with E-state index in [2.05, 4.69) is 62.4 Å². The number of aliphatic carboxylic acids is 1. The Bertz CT molecular complexity index is 4220. The fourth-order valence-corrected chi connectivity index (χ4v) is 9.43. The number of ketones is 3. The van der Waals surface area contributed by atoms with Crippen LogP contribution < -0.4 is 27.4 Å². The number of nitrogens with one attached hydrogen (secondary N) is 3. The Morgan fingerprint density at radius 1 is 0.521 bits per heavy atom. The van der Waals surface area contributed by atoms with Gasteiger partial charge in [-0.3, -0.25) is 33.6 Å². The van der Waals surface area contributed by atoms with Gasteiger partial charge in [0.05, 0.1) is 55.7 Å². The highest BCUT2D eigenvalue weighted by Gasteiger charge is 2.32. The highest BCUT2D eigenvalue weighted by molar-refractivity contribution is 7.16. The van der Waals surface area contributed by atoms with Gasteiger partial charge in [-0.25, -0.2) is 33.3 Å². The number of esters is 1. The van der Waals surface area contributed by atoms with Crippen LogP contribution >= 0.6 is 9.24 Å². The van der Waals surface area contributed by atoms with E-state index in [0.29, 0.717) is 46.6 Å². The molecule has 0 bridgehead atoms. The highest BCUT2D eigenvalue weighted by Crippen LogP contribution is 2.33. The SMILES string of the molecule is CC(C)(C)OC(=O)CCC(=O)O.CC(C)(C)OC(=O)NCC(=O)Nc1ccc(-c2cccc3nc(CC(=O)C4CC4)nn23)cc1.CCP.NCC(=O)Nc1ccc(-c2cccc3nc(CC(=O)C4CC4)nn23)cc1.Nc1ccc(-c2cccc3nc(CC(=O)C4CC4)nn23)cc1. The Balaban J connectivity index is 0.000000169. The molecule has 8 N–H and O–H groups in total. The van der Waals surface area contributed by atoms with Gasteiger partial charge in [0.2, 0.25) is 11.8 Å². The smallest absolute Gasteiger partial charge is 0.408 e. The minimum Gasteiger partial charge on any atom is -0.481 e. The number of carbonyl (C=O) groups excluding carboxylic acids is 7. The molecule has 9 aromatic rings. The zero-order valence-corrected chi connectivity index (χ0v) is 56.2. The number of anilines is 3. The van der Waals surface area contributed by atoms with Crippen molar-refractivity contribution in [2.24, 2.45) is 23.5 Å². The van der Waals surface area contributed by atoms with Gasteiger partial charge in [-0.1, -0.05) is 61.5 Å². The van der Waals surface area contributed by atoms with Crippen LogP contribution in [0.15, 0.2) is 127 Å². The molecular weight excluding hydrogens is 1240 g/mol. The Hall–Kier alpha value is -10.1. The van der Waals surface area contributed by atoms with Crippen LogP contribution in [0.1, 0.15) is 117 Å². The van der Waals surface area contributed by atoms with Gasteiger partial charge in [-0.15, -0.1) is 9.24 Å². The van der Waals surface area contributed by atoms with Crippen LogP contribution in [0, 0.1) is 17.8 Å². The van der Waals surface area contributed by atoms with E-state index >= 15 is 0 Å². The van der Waals surface area contributed by atoms with Crippen LogP contribution in [-0.4, -0.2) is 127 Å². The molecule has 3 fully saturated rings. The van der Waals surface area contributed by atoms with E-state index < -0.39 is 29.2 Å². The van der Waals surface area contributed by atoms with Crippen LogP contribution in [0.4, 0.5) is 21.9 Å². The summed E-state index contributed by atoms with van der Waals surface area (Å²) in [5.74, 6) is 0.935. The van der Waals surface area contributed by atoms with Gasteiger partial charge in [0, 0.05) is 51.5 Å². The Morgan fingerprint density at radius 3 is 1.19 bits per heavy atom. The number of carboxylic acids is 1. The normalized spacial score (nSPS) is 13.2. The third-order valence-corrected chi connectivity index (χ3v) is 14.4. The van der Waals surface area contributed by atoms with Crippen LogP contribution in [0.2, 0.25) is 0 Å². The van der Waals surface area contributed by atoms with Gasteiger partial charge in [0.1, 0.15) is 35.1 Å². The maximum Gasteiger partial charge on any atom is 0.408 e. The van der Waals surface area contributed by atoms with Gasteiger partial charge in [0.25, 0.3) is 0 Å². The number of rotatable bonds is 20. The zero-order valence-electron chi connectivity index (χ0n) is 55.0. The van der Waals surface area contributed by atoms with E-state index in [0.717, 1.165) is 83.6 Å². The molecule has 3 saturated carbocycles. The number of nitrogen functional groups attached to an aromatic ring is 1. The molecule has 96 heavy (non-hydrogen) atoms. The number of benzene rings is 3. The van der Waals surface area contributed by atoms with Crippen molar-refractivity contribution in [2.75, 3.05) is 35.6 Å². The standard InChI is InChI=1S/C24H27N5O4.C19H19N5O2.C17H16N4O.C8H14O4.C2H7P/c1-24(2,3)33-23(32)25-14-22(31)26-17-11-9-15(10-12-17)18-5-4-6-21-27-20(28-29(18)21)13-19(30)16-7-8-16;20-11-19(26)21-14-8-6-12(7-9-14)15-2-1-3-18-22-17(23-24(15)18)10-16(25)13-4-5-13;18-13-8-6-11(7-9-13)14-2-1-3-17-19-16(20-21(14)17)10-15(22)12-4-5-12;1-8(2,3)12-7(11)5-4-6(9)10;1-2-3/h4-6,9-12,16H,7-8,13-14H2,1-3H3,(H,25,32)(H,26,31);1-3,6-9,13H,4-5,10-11,20H2,(H,21,26);1-3,6-9,12H,4-5,10,18H2;4-5H2,1-3H3,(H,9,10);2-3H2,1H3. The molecule has 6 heterocycles. The van der Waals surface area contributed by atoms with Gasteiger partial charge in [0.15, 0.2) is 34.4 Å². The number of nitrogens with zero attached hydrogens (tertiary/aromatic N) is 9. The third-order valence-electron chi connectivity index (χ3n) is 14.4. The number of carboxylic acid groups (broad SMARTS) is 1. The fraction of sp³-hybridized carbons (Fsp3) is 0.371. The largest absolute Gasteiger partial charge is 0.481 e. The summed E-state index contributed by atoms with van der Waals surface area (Å²) in [7, 11) is 2.58. The van der Waals surface area contributed by atoms with Crippen molar-refractivity contribution in [3.63, 3.8) is 0 Å². The maximum atomic E-state index is 12.1. The lowest BCUT2D eigenvalue weighted by Gasteiger charge is -2.19. The van der Waals surface area contributed by atoms with E-state index in [1.54, 1.807) is 67.2 Å². The molecule has 3 aliphatic rings. The molecule has 504 valence electrons. The summed E-state index contributed by atoms with van der Waals surface area (Å²) in [6, 6.07) is 39.6. The Kier molecular flexibility index (Phi) is 24.5. The van der Waals surface area contributed by atoms with E-state index in [4.69, 9.17) is 26.0 Å². The van der Waals surface area contributed by atoms with Gasteiger partial charge < -0.3 is 42.0 Å². The van der Waals surface area contributed by atoms with Crippen LogP contribution in [0.3, 0.4) is 0 Å². The summed E-state index contributed by atoms with van der Waals surface area (Å²) in [6.45, 7) is 12.3. The minimum atomic E-state index is -0.985. The lowest BCUT2D eigenvalue weighted by atomic mass is 10.1. The third kappa shape index (κ3) is 22.3. The maximum absolute atomic E-state index is 12.1. The van der Waals surface area contributed by atoms with Crippen molar-refractivity contribution in [1.82, 2.24) is 49.1 Å². The number of amides is 3. The van der Waals surface area contributed by atoms with E-state index in [-0.39, 0.29) is 85.7 Å². The minimum absolute atomic E-state index is 0.0532. The van der Waals surface area contributed by atoms with E-state index in [1.807, 2.05) is 115 Å². The fourth-order valence-electron chi connectivity index (χ4n) is 9.43. The summed E-state index contributed by atoms with van der Waals surface area (Å²) >= 11 is 0. The van der Waals surface area contributed by atoms with Crippen LogP contribution in [0.25, 0.3) is 50.7 Å². The number of fused-ring (bicyclic) bond motifs is 3. The molecule has 0 radical (unpaired) electrons. The summed E-state index contributed by atoms with van der Waals surface area (Å²) in [5, 5.41) is 29.7. The molecule has 6 aromatic heterocycles. The first-order chi connectivity index (χ1) is 45.7. The Morgan fingerprint density at radius 2 is 0.865 bits per heavy atom. The van der Waals surface area contributed by atoms with E-state index in [9.17, 15) is 38.4 Å². The van der Waals surface area contributed by atoms with Crippen molar-refractivity contribution in [2.45, 2.75) is 130 Å². The lowest BCUT2D eigenvalue weighted by Crippen LogP contribution is -2.37. The topological polar surface area (TPSA) is 354 Å². The Labute approximate surface area is 558 Å². The predicted molar refractivity (Wildman–Crippen MR) is 368 cm³/mol. The van der Waals surface area contributed by atoms with Gasteiger partial charge >= 0.3 is 18.0 Å². The molecule has 12 rings (SSSR count). The predicted octanol–water partition coefficient (Wildman–Crippen LogP) is 9.77. The number of ether oxygens (including phenoxy) is 2. The summed E-state index contributed by atoms with van der Waals surface area (Å²) in [5.41, 5.74) is 19.5. The van der Waals surface area contributed by atoms with Crippen molar-refractivity contribution in [1.29, 1.82) is 0 Å². The second-order valence-electron chi connectivity index (χ2n) is 25.2. The first-order valence-corrected chi connectivity index (χ1v) is 32.7. The molecular formula is C70H83N14O11P. The molecule has 0 aliphatic heterocycles. The molecule has 0 saturated heterocycles. The lowest BCUT2D eigenvalue weighted by molar-refractivity contribution is -0.157. The first kappa shape index (κ1) is 71.7. The molecule has 25 nitrogen and oxygen atoms in total. The van der Waals surface area contributed by atoms with Gasteiger partial charge in [-0.05, 0) is 159 Å². The first-order valence-electron chi connectivity index (χ1n) is 31.8. The number of hydrogen-bond acceptors (Lipinski definition) is 18. The second kappa shape index (κ2) is 32.8. The molecule has 1 atom stereocenters. The average molecular weight is 1330 g/mol. The zero-order chi connectivity index (χ0) is 69.3. The number of Topliss-reactive ketones (excluding diaryl/α,β-unsaturated/α-hetero) is 3. The number of hydrogen-bond donors (Lipinski definition) is 6. The van der Waals surface area contributed by atoms with Gasteiger partial charge in [-0.2, -0.15) is 15.3 Å². The molecule has 26 heteroatoms. The number of aromatic nitrogens is 9. The average Bonchev–Trinajstić information content (AvgIpc) is 1.67. The number of alkyl carbamates (subject to hydrolysis) is 1. The summed E-state index contributed by atoms with van der Waals surface area (Å²) < 4.78 is 15.3. The number of pyridine rings is 3. The molecule has 3 amide bonds.